The van der Waals surface area contributed by atoms with Crippen LogP contribution in [0, 0.1) is 0 Å². The molecular formula is C10H18N2O3S. The van der Waals surface area contributed by atoms with E-state index < -0.39 is 9.84 Å². The Balaban J connectivity index is 2.48. The van der Waals surface area contributed by atoms with Crippen molar-refractivity contribution in [3.63, 3.8) is 0 Å². The molecule has 0 bridgehead atoms. The minimum Gasteiger partial charge on any atom is -0.468 e. The number of furan rings is 1. The van der Waals surface area contributed by atoms with Gasteiger partial charge in [0.05, 0.1) is 18.6 Å². The monoisotopic (exact) mass is 246 g/mol. The predicted molar refractivity (Wildman–Crippen MR) is 62.6 cm³/mol. The molecule has 0 amide bonds. The Labute approximate surface area is 96.1 Å². The standard InChI is InChI=1S/C10H18N2O3S/c1-12(4-6-16(2,13)14)8-9-3-5-15-10(9)7-11/h3,5H,4,6-8,11H2,1-2H3. The minimum absolute atomic E-state index is 0.166. The summed E-state index contributed by atoms with van der Waals surface area (Å²) in [6.45, 7) is 1.52. The molecular weight excluding hydrogens is 228 g/mol. The van der Waals surface area contributed by atoms with Crippen molar-refractivity contribution in [2.45, 2.75) is 13.1 Å². The Hall–Kier alpha value is -0.850. The van der Waals surface area contributed by atoms with Gasteiger partial charge in [0.1, 0.15) is 15.6 Å². The van der Waals surface area contributed by atoms with E-state index in [1.165, 1.54) is 6.26 Å². The van der Waals surface area contributed by atoms with Crippen molar-refractivity contribution in [2.75, 3.05) is 25.6 Å². The maximum Gasteiger partial charge on any atom is 0.148 e. The highest BCUT2D eigenvalue weighted by Crippen LogP contribution is 2.11. The topological polar surface area (TPSA) is 76.5 Å². The van der Waals surface area contributed by atoms with Crippen LogP contribution in [0.4, 0.5) is 0 Å². The molecule has 6 heteroatoms. The Morgan fingerprint density at radius 1 is 1.50 bits per heavy atom. The van der Waals surface area contributed by atoms with Gasteiger partial charge in [-0.3, -0.25) is 0 Å². The zero-order chi connectivity index (χ0) is 12.2. The first-order valence-electron chi connectivity index (χ1n) is 5.04. The maximum atomic E-state index is 11.0. The van der Waals surface area contributed by atoms with Crippen LogP contribution < -0.4 is 5.73 Å². The van der Waals surface area contributed by atoms with E-state index in [1.807, 2.05) is 18.0 Å². The van der Waals surface area contributed by atoms with Crippen molar-refractivity contribution < 1.29 is 12.8 Å². The van der Waals surface area contributed by atoms with Gasteiger partial charge in [0.25, 0.3) is 0 Å². The summed E-state index contributed by atoms with van der Waals surface area (Å²) in [5.41, 5.74) is 6.52. The van der Waals surface area contributed by atoms with Crippen molar-refractivity contribution in [1.82, 2.24) is 4.90 Å². The molecule has 16 heavy (non-hydrogen) atoms. The number of hydrogen-bond donors (Lipinski definition) is 1. The minimum atomic E-state index is -2.90. The molecule has 5 nitrogen and oxygen atoms in total. The van der Waals surface area contributed by atoms with Crippen LogP contribution in [-0.2, 0) is 22.9 Å². The average Bonchev–Trinajstić information content (AvgIpc) is 2.61. The highest BCUT2D eigenvalue weighted by molar-refractivity contribution is 7.90. The first kappa shape index (κ1) is 13.2. The molecule has 92 valence electrons. The Morgan fingerprint density at radius 2 is 2.19 bits per heavy atom. The van der Waals surface area contributed by atoms with E-state index in [0.29, 0.717) is 19.6 Å². The van der Waals surface area contributed by atoms with Crippen molar-refractivity contribution in [3.8, 4) is 0 Å². The van der Waals surface area contributed by atoms with E-state index in [9.17, 15) is 8.42 Å². The van der Waals surface area contributed by atoms with E-state index in [4.69, 9.17) is 10.2 Å². The van der Waals surface area contributed by atoms with Crippen LogP contribution in [-0.4, -0.2) is 38.9 Å². The molecule has 0 aliphatic carbocycles. The van der Waals surface area contributed by atoms with E-state index in [-0.39, 0.29) is 5.75 Å². The molecule has 0 aliphatic heterocycles. The van der Waals surface area contributed by atoms with E-state index in [0.717, 1.165) is 11.3 Å². The van der Waals surface area contributed by atoms with Crippen LogP contribution in [0.15, 0.2) is 16.7 Å². The van der Waals surface area contributed by atoms with Crippen LogP contribution >= 0.6 is 0 Å². The summed E-state index contributed by atoms with van der Waals surface area (Å²) in [7, 11) is -1.03. The fourth-order valence-corrected chi connectivity index (χ4v) is 2.02. The highest BCUT2D eigenvalue weighted by atomic mass is 32.2. The van der Waals surface area contributed by atoms with Gasteiger partial charge in [0, 0.05) is 24.9 Å². The summed E-state index contributed by atoms with van der Waals surface area (Å²) in [6.07, 6.45) is 2.84. The second-order valence-corrected chi connectivity index (χ2v) is 6.20. The van der Waals surface area contributed by atoms with Gasteiger partial charge in [-0.2, -0.15) is 0 Å². The van der Waals surface area contributed by atoms with Crippen LogP contribution in [0.3, 0.4) is 0 Å². The smallest absolute Gasteiger partial charge is 0.148 e. The first-order chi connectivity index (χ1) is 7.42. The summed E-state index contributed by atoms with van der Waals surface area (Å²) >= 11 is 0. The highest BCUT2D eigenvalue weighted by Gasteiger charge is 2.09. The molecule has 0 fully saturated rings. The third kappa shape index (κ3) is 4.34. The molecule has 1 aromatic heterocycles. The second-order valence-electron chi connectivity index (χ2n) is 3.94. The number of sulfone groups is 1. The summed E-state index contributed by atoms with van der Waals surface area (Å²) < 4.78 is 27.2. The lowest BCUT2D eigenvalue weighted by atomic mass is 10.2. The second kappa shape index (κ2) is 5.47. The van der Waals surface area contributed by atoms with Gasteiger partial charge < -0.3 is 15.1 Å². The van der Waals surface area contributed by atoms with Gasteiger partial charge in [-0.25, -0.2) is 8.42 Å². The third-order valence-corrected chi connectivity index (χ3v) is 3.23. The summed E-state index contributed by atoms with van der Waals surface area (Å²) in [6, 6.07) is 1.86. The number of hydrogen-bond acceptors (Lipinski definition) is 5. The fraction of sp³-hybridized carbons (Fsp3) is 0.600. The van der Waals surface area contributed by atoms with Gasteiger partial charge in [0.15, 0.2) is 0 Å². The van der Waals surface area contributed by atoms with Gasteiger partial charge in [0.2, 0.25) is 0 Å². The zero-order valence-electron chi connectivity index (χ0n) is 9.64. The molecule has 0 aromatic carbocycles. The Kier molecular flexibility index (Phi) is 4.52. The molecule has 1 aromatic rings. The van der Waals surface area contributed by atoms with Crippen molar-refractivity contribution in [2.24, 2.45) is 5.73 Å². The van der Waals surface area contributed by atoms with Crippen LogP contribution in [0.5, 0.6) is 0 Å². The van der Waals surface area contributed by atoms with Gasteiger partial charge in [-0.1, -0.05) is 0 Å². The summed E-state index contributed by atoms with van der Waals surface area (Å²) in [5, 5.41) is 0. The van der Waals surface area contributed by atoms with Crippen LogP contribution in [0.25, 0.3) is 0 Å². The van der Waals surface area contributed by atoms with Gasteiger partial charge >= 0.3 is 0 Å². The zero-order valence-corrected chi connectivity index (χ0v) is 10.5. The van der Waals surface area contributed by atoms with Crippen molar-refractivity contribution >= 4 is 9.84 Å². The van der Waals surface area contributed by atoms with Gasteiger partial charge in [-0.15, -0.1) is 0 Å². The van der Waals surface area contributed by atoms with Crippen LogP contribution in [0.1, 0.15) is 11.3 Å². The lowest BCUT2D eigenvalue weighted by Crippen LogP contribution is -2.25. The molecule has 0 aliphatic rings. The molecule has 0 radical (unpaired) electrons. The first-order valence-corrected chi connectivity index (χ1v) is 7.10. The summed E-state index contributed by atoms with van der Waals surface area (Å²) in [4.78, 5) is 1.94. The maximum absolute atomic E-state index is 11.0. The molecule has 0 unspecified atom stereocenters. The van der Waals surface area contributed by atoms with E-state index in [2.05, 4.69) is 0 Å². The molecule has 0 atom stereocenters. The van der Waals surface area contributed by atoms with Crippen molar-refractivity contribution in [3.05, 3.63) is 23.7 Å². The number of nitrogens with zero attached hydrogens (tertiary/aromatic N) is 1. The Morgan fingerprint density at radius 3 is 2.75 bits per heavy atom. The SMILES string of the molecule is CN(CCS(C)(=O)=O)Cc1ccoc1CN. The average molecular weight is 246 g/mol. The molecule has 0 saturated carbocycles. The molecule has 1 rings (SSSR count). The normalized spacial score (nSPS) is 12.2. The molecule has 2 N–H and O–H groups in total. The fourth-order valence-electron chi connectivity index (χ4n) is 1.38. The van der Waals surface area contributed by atoms with Crippen LogP contribution in [0.2, 0.25) is 0 Å². The third-order valence-electron chi connectivity index (χ3n) is 2.31. The molecule has 1 heterocycles. The van der Waals surface area contributed by atoms with Gasteiger partial charge in [-0.05, 0) is 13.1 Å². The van der Waals surface area contributed by atoms with E-state index in [1.54, 1.807) is 6.26 Å². The van der Waals surface area contributed by atoms with Crippen molar-refractivity contribution in [1.29, 1.82) is 0 Å². The lowest BCUT2D eigenvalue weighted by molar-refractivity contribution is 0.342. The molecule has 0 saturated heterocycles. The molecule has 0 spiro atoms. The number of nitrogens with two attached hydrogens (primary N) is 1. The quantitative estimate of drug-likeness (QED) is 0.776. The number of rotatable bonds is 6. The largest absolute Gasteiger partial charge is 0.468 e. The van der Waals surface area contributed by atoms with E-state index >= 15 is 0 Å². The summed E-state index contributed by atoms with van der Waals surface area (Å²) in [5.74, 6) is 0.922. The lowest BCUT2D eigenvalue weighted by Gasteiger charge is -2.15. The predicted octanol–water partition coefficient (Wildman–Crippen LogP) is 0.215. The Bertz CT molecular complexity index is 425.